The monoisotopic (exact) mass is 385 g/mol. The molecule has 0 saturated heterocycles. The standard InChI is InChI=1S/C17H14ClF2NO5/c1-24-14-6-5-11(18)8-13(14)21-15(22)9-25-16(23)10-3-2-4-12(7-10)26-17(19)20/h2-8,17H,9H2,1H3,(H,21,22). The fourth-order valence-electron chi connectivity index (χ4n) is 1.98. The number of hydrogen-bond acceptors (Lipinski definition) is 5. The fraction of sp³-hybridized carbons (Fsp3) is 0.176. The smallest absolute Gasteiger partial charge is 0.387 e. The van der Waals surface area contributed by atoms with Crippen LogP contribution in [0.4, 0.5) is 14.5 Å². The van der Waals surface area contributed by atoms with Gasteiger partial charge >= 0.3 is 12.6 Å². The van der Waals surface area contributed by atoms with Crippen LogP contribution in [0.15, 0.2) is 42.5 Å². The van der Waals surface area contributed by atoms with Gasteiger partial charge in [0, 0.05) is 5.02 Å². The van der Waals surface area contributed by atoms with Gasteiger partial charge in [0.25, 0.3) is 5.91 Å². The highest BCUT2D eigenvalue weighted by molar-refractivity contribution is 6.31. The number of nitrogens with one attached hydrogen (secondary N) is 1. The summed E-state index contributed by atoms with van der Waals surface area (Å²) < 4.78 is 38.5. The van der Waals surface area contributed by atoms with Crippen LogP contribution >= 0.6 is 11.6 Å². The first-order valence-corrected chi connectivity index (χ1v) is 7.62. The Morgan fingerprint density at radius 3 is 2.65 bits per heavy atom. The SMILES string of the molecule is COc1ccc(Cl)cc1NC(=O)COC(=O)c1cccc(OC(F)F)c1. The molecule has 2 rings (SSSR count). The Balaban J connectivity index is 1.95. The number of esters is 1. The van der Waals surface area contributed by atoms with E-state index in [1.807, 2.05) is 0 Å². The summed E-state index contributed by atoms with van der Waals surface area (Å²) in [6.07, 6.45) is 0. The van der Waals surface area contributed by atoms with Crippen molar-refractivity contribution in [2.24, 2.45) is 0 Å². The minimum Gasteiger partial charge on any atom is -0.495 e. The van der Waals surface area contributed by atoms with Crippen molar-refractivity contribution in [2.75, 3.05) is 19.0 Å². The highest BCUT2D eigenvalue weighted by atomic mass is 35.5. The van der Waals surface area contributed by atoms with Crippen LogP contribution in [0, 0.1) is 0 Å². The lowest BCUT2D eigenvalue weighted by Crippen LogP contribution is -2.21. The summed E-state index contributed by atoms with van der Waals surface area (Å²) in [5.41, 5.74) is 0.282. The number of anilines is 1. The molecule has 0 aliphatic heterocycles. The quantitative estimate of drug-likeness (QED) is 0.735. The number of carbonyl (C=O) groups excluding carboxylic acids is 2. The maximum absolute atomic E-state index is 12.2. The highest BCUT2D eigenvalue weighted by Gasteiger charge is 2.14. The maximum Gasteiger partial charge on any atom is 0.387 e. The van der Waals surface area contributed by atoms with Crippen molar-refractivity contribution in [3.63, 3.8) is 0 Å². The Morgan fingerprint density at radius 2 is 1.96 bits per heavy atom. The van der Waals surface area contributed by atoms with Crippen molar-refractivity contribution < 1.29 is 32.6 Å². The van der Waals surface area contributed by atoms with Gasteiger partial charge in [0.15, 0.2) is 6.61 Å². The predicted molar refractivity (Wildman–Crippen MR) is 90.0 cm³/mol. The lowest BCUT2D eigenvalue weighted by molar-refractivity contribution is -0.119. The van der Waals surface area contributed by atoms with E-state index in [0.717, 1.165) is 6.07 Å². The van der Waals surface area contributed by atoms with E-state index in [1.165, 1.54) is 31.4 Å². The van der Waals surface area contributed by atoms with Gasteiger partial charge in [-0.3, -0.25) is 4.79 Å². The molecule has 0 heterocycles. The first kappa shape index (κ1) is 19.5. The number of hydrogen-bond donors (Lipinski definition) is 1. The van der Waals surface area contributed by atoms with Crippen molar-refractivity contribution in [1.29, 1.82) is 0 Å². The summed E-state index contributed by atoms with van der Waals surface area (Å²) in [6, 6.07) is 9.69. The molecule has 26 heavy (non-hydrogen) atoms. The third-order valence-corrected chi connectivity index (χ3v) is 3.30. The maximum atomic E-state index is 12.2. The van der Waals surface area contributed by atoms with Crippen LogP contribution in [0.3, 0.4) is 0 Å². The Morgan fingerprint density at radius 1 is 1.19 bits per heavy atom. The molecule has 0 saturated carbocycles. The molecular formula is C17H14ClF2NO5. The van der Waals surface area contributed by atoms with Crippen LogP contribution in [0.1, 0.15) is 10.4 Å². The van der Waals surface area contributed by atoms with E-state index in [4.69, 9.17) is 21.1 Å². The van der Waals surface area contributed by atoms with Gasteiger partial charge in [-0.15, -0.1) is 0 Å². The lowest BCUT2D eigenvalue weighted by atomic mass is 10.2. The van der Waals surface area contributed by atoms with Gasteiger partial charge in [0.05, 0.1) is 18.4 Å². The third kappa shape index (κ3) is 5.59. The lowest BCUT2D eigenvalue weighted by Gasteiger charge is -2.11. The van der Waals surface area contributed by atoms with E-state index in [9.17, 15) is 18.4 Å². The van der Waals surface area contributed by atoms with Gasteiger partial charge in [0.2, 0.25) is 0 Å². The van der Waals surface area contributed by atoms with E-state index >= 15 is 0 Å². The molecule has 1 N–H and O–H groups in total. The van der Waals surface area contributed by atoms with Crippen LogP contribution in [0.5, 0.6) is 11.5 Å². The second-order valence-electron chi connectivity index (χ2n) is 4.88. The van der Waals surface area contributed by atoms with Crippen molar-refractivity contribution in [2.45, 2.75) is 6.61 Å². The van der Waals surface area contributed by atoms with Crippen LogP contribution in [0.2, 0.25) is 5.02 Å². The molecule has 6 nitrogen and oxygen atoms in total. The van der Waals surface area contributed by atoms with Crippen LogP contribution < -0.4 is 14.8 Å². The predicted octanol–water partition coefficient (Wildman–Crippen LogP) is 3.75. The average molecular weight is 386 g/mol. The number of benzene rings is 2. The summed E-state index contributed by atoms with van der Waals surface area (Å²) in [5, 5.41) is 2.88. The van der Waals surface area contributed by atoms with Gasteiger partial charge in [-0.2, -0.15) is 8.78 Å². The number of carbonyl (C=O) groups is 2. The number of halogens is 3. The molecule has 0 aliphatic rings. The average Bonchev–Trinajstić information content (AvgIpc) is 2.59. The minimum absolute atomic E-state index is 0.0312. The molecule has 0 aliphatic carbocycles. The van der Waals surface area contributed by atoms with Crippen molar-refractivity contribution >= 4 is 29.2 Å². The zero-order valence-corrected chi connectivity index (χ0v) is 14.3. The molecule has 0 radical (unpaired) electrons. The molecule has 0 spiro atoms. The zero-order valence-electron chi connectivity index (χ0n) is 13.5. The number of methoxy groups -OCH3 is 1. The largest absolute Gasteiger partial charge is 0.495 e. The van der Waals surface area contributed by atoms with E-state index in [1.54, 1.807) is 12.1 Å². The first-order chi connectivity index (χ1) is 12.4. The van der Waals surface area contributed by atoms with Crippen LogP contribution in [-0.4, -0.2) is 32.2 Å². The minimum atomic E-state index is -3.01. The molecule has 138 valence electrons. The second-order valence-corrected chi connectivity index (χ2v) is 5.31. The number of amides is 1. The van der Waals surface area contributed by atoms with E-state index in [2.05, 4.69) is 10.1 Å². The molecular weight excluding hydrogens is 372 g/mol. The van der Waals surface area contributed by atoms with Gasteiger partial charge < -0.3 is 19.5 Å². The summed E-state index contributed by atoms with van der Waals surface area (Å²) in [6.45, 7) is -3.60. The number of rotatable bonds is 7. The Labute approximate surface area is 152 Å². The topological polar surface area (TPSA) is 73.9 Å². The van der Waals surface area contributed by atoms with Crippen LogP contribution in [0.25, 0.3) is 0 Å². The molecule has 0 bridgehead atoms. The van der Waals surface area contributed by atoms with Crippen molar-refractivity contribution in [3.05, 3.63) is 53.1 Å². The van der Waals surface area contributed by atoms with Crippen LogP contribution in [-0.2, 0) is 9.53 Å². The number of alkyl halides is 2. The normalized spacial score (nSPS) is 10.3. The summed E-state index contributed by atoms with van der Waals surface area (Å²) in [7, 11) is 1.42. The number of ether oxygens (including phenoxy) is 3. The molecule has 0 aromatic heterocycles. The molecule has 0 unspecified atom stereocenters. The third-order valence-electron chi connectivity index (χ3n) is 3.06. The van der Waals surface area contributed by atoms with Gasteiger partial charge in [-0.25, -0.2) is 4.79 Å². The molecule has 9 heteroatoms. The zero-order chi connectivity index (χ0) is 19.1. The molecule has 0 fully saturated rings. The van der Waals surface area contributed by atoms with E-state index in [0.29, 0.717) is 16.5 Å². The van der Waals surface area contributed by atoms with Crippen molar-refractivity contribution in [1.82, 2.24) is 0 Å². The Bertz CT molecular complexity index is 800. The molecule has 1 amide bonds. The molecule has 2 aromatic rings. The fourth-order valence-corrected chi connectivity index (χ4v) is 2.15. The Kier molecular flexibility index (Phi) is 6.74. The van der Waals surface area contributed by atoms with E-state index in [-0.39, 0.29) is 11.3 Å². The van der Waals surface area contributed by atoms with Gasteiger partial charge in [-0.1, -0.05) is 17.7 Å². The van der Waals surface area contributed by atoms with E-state index < -0.39 is 25.1 Å². The summed E-state index contributed by atoms with van der Waals surface area (Å²) >= 11 is 5.86. The second kappa shape index (κ2) is 9.00. The summed E-state index contributed by atoms with van der Waals surface area (Å²) in [4.78, 5) is 23.9. The first-order valence-electron chi connectivity index (χ1n) is 7.24. The Hall–Kier alpha value is -2.87. The van der Waals surface area contributed by atoms with Gasteiger partial charge in [0.1, 0.15) is 11.5 Å². The van der Waals surface area contributed by atoms with Gasteiger partial charge in [-0.05, 0) is 36.4 Å². The summed E-state index contributed by atoms with van der Waals surface area (Å²) in [5.74, 6) is -1.30. The molecule has 0 atom stereocenters. The molecule has 2 aromatic carbocycles. The van der Waals surface area contributed by atoms with Crippen molar-refractivity contribution in [3.8, 4) is 11.5 Å². The highest BCUT2D eigenvalue weighted by Crippen LogP contribution is 2.27.